The highest BCUT2D eigenvalue weighted by Crippen LogP contribution is 2.42. The minimum absolute atomic E-state index is 0.155. The molecule has 1 atom stereocenters. The molecule has 0 fully saturated rings. The van der Waals surface area contributed by atoms with Gasteiger partial charge in [0.1, 0.15) is 6.17 Å². The van der Waals surface area contributed by atoms with Crippen LogP contribution in [-0.4, -0.2) is 16.4 Å². The molecule has 2 aliphatic rings. The lowest BCUT2D eigenvalue weighted by Crippen LogP contribution is -2.29. The van der Waals surface area contributed by atoms with E-state index in [0.717, 1.165) is 29.8 Å². The number of para-hydroxylation sites is 1. The molecule has 47 heavy (non-hydrogen) atoms. The number of anilines is 1. The van der Waals surface area contributed by atoms with Gasteiger partial charge in [-0.15, -0.1) is 0 Å². The van der Waals surface area contributed by atoms with Gasteiger partial charge in [-0.3, -0.25) is 4.99 Å². The van der Waals surface area contributed by atoms with Gasteiger partial charge in [0.15, 0.2) is 0 Å². The van der Waals surface area contributed by atoms with E-state index in [1.165, 1.54) is 71.0 Å². The van der Waals surface area contributed by atoms with Gasteiger partial charge in [0, 0.05) is 33.3 Å². The lowest BCUT2D eigenvalue weighted by atomic mass is 9.92. The molecule has 0 spiro atoms. The van der Waals surface area contributed by atoms with Crippen molar-refractivity contribution in [1.29, 1.82) is 0 Å². The molecule has 1 aliphatic heterocycles. The Bertz CT molecular complexity index is 2570. The van der Waals surface area contributed by atoms with Crippen molar-refractivity contribution in [3.8, 4) is 0 Å². The molecule has 222 valence electrons. The standard InChI is InChI=1S/C44H31N3/c1-4-17-33-28(11-1)14-10-21-36(33)43-37-20-7-8-22-38(37)45-44(46-43)31-15-9-16-32(27-31)47-39-25-23-29-12-2-5-18-34(29)41(39)42-35-19-6-3-13-30(35)24-26-40(42)47/h1-8,10-14,16-27,44-45H,9,15H2. The highest BCUT2D eigenvalue weighted by atomic mass is 15.1. The van der Waals surface area contributed by atoms with Gasteiger partial charge >= 0.3 is 0 Å². The first-order chi connectivity index (χ1) is 23.3. The fourth-order valence-electron chi connectivity index (χ4n) is 7.92. The Balaban J connectivity index is 1.18. The van der Waals surface area contributed by atoms with Crippen LogP contribution in [0.15, 0.2) is 162 Å². The van der Waals surface area contributed by atoms with Gasteiger partial charge in [0.25, 0.3) is 0 Å². The van der Waals surface area contributed by atoms with Crippen molar-refractivity contribution in [2.75, 3.05) is 5.32 Å². The molecule has 3 heteroatoms. The summed E-state index contributed by atoms with van der Waals surface area (Å²) in [5, 5.41) is 14.0. The van der Waals surface area contributed by atoms with E-state index in [2.05, 4.69) is 162 Å². The smallest absolute Gasteiger partial charge is 0.141 e. The van der Waals surface area contributed by atoms with Crippen LogP contribution in [0.2, 0.25) is 0 Å². The minimum atomic E-state index is -0.155. The monoisotopic (exact) mass is 601 g/mol. The largest absolute Gasteiger partial charge is 0.360 e. The van der Waals surface area contributed by atoms with Crippen LogP contribution in [-0.2, 0) is 0 Å². The zero-order chi connectivity index (χ0) is 30.9. The van der Waals surface area contributed by atoms with E-state index in [-0.39, 0.29) is 6.17 Å². The van der Waals surface area contributed by atoms with Crippen LogP contribution < -0.4 is 5.32 Å². The Morgan fingerprint density at radius 3 is 1.85 bits per heavy atom. The maximum Gasteiger partial charge on any atom is 0.141 e. The predicted molar refractivity (Wildman–Crippen MR) is 199 cm³/mol. The quantitative estimate of drug-likeness (QED) is 0.214. The molecule has 1 aromatic heterocycles. The van der Waals surface area contributed by atoms with E-state index < -0.39 is 0 Å². The fourth-order valence-corrected chi connectivity index (χ4v) is 7.92. The third-order valence-electron chi connectivity index (χ3n) is 10.1. The van der Waals surface area contributed by atoms with Crippen LogP contribution in [0.4, 0.5) is 5.69 Å². The zero-order valence-corrected chi connectivity index (χ0v) is 25.8. The summed E-state index contributed by atoms with van der Waals surface area (Å²) in [6.45, 7) is 0. The number of benzene rings is 7. The normalized spacial score (nSPS) is 16.3. The first-order valence-electron chi connectivity index (χ1n) is 16.5. The summed E-state index contributed by atoms with van der Waals surface area (Å²) in [6.07, 6.45) is 6.56. The predicted octanol–water partition coefficient (Wildman–Crippen LogP) is 11.1. The van der Waals surface area contributed by atoms with E-state index >= 15 is 0 Å². The second kappa shape index (κ2) is 10.3. The SMILES string of the molecule is C1=C(C2N=C(c3cccc4ccccc34)c3ccccc3N2)CCC=C1n1c2ccc3ccccc3c2c2c3ccccc3ccc21. The maximum absolute atomic E-state index is 5.49. The summed E-state index contributed by atoms with van der Waals surface area (Å²) >= 11 is 0. The zero-order valence-electron chi connectivity index (χ0n) is 25.8. The third-order valence-corrected chi connectivity index (χ3v) is 10.1. The van der Waals surface area contributed by atoms with Crippen LogP contribution in [0.3, 0.4) is 0 Å². The molecule has 1 N–H and O–H groups in total. The highest BCUT2D eigenvalue weighted by molar-refractivity contribution is 6.29. The van der Waals surface area contributed by atoms with Crippen LogP contribution in [0.1, 0.15) is 24.0 Å². The topological polar surface area (TPSA) is 29.3 Å². The number of allylic oxidation sites excluding steroid dienone is 3. The number of fused-ring (bicyclic) bond motifs is 9. The van der Waals surface area contributed by atoms with Crippen LogP contribution in [0.25, 0.3) is 59.8 Å². The maximum atomic E-state index is 5.49. The van der Waals surface area contributed by atoms with Crippen molar-refractivity contribution in [2.24, 2.45) is 4.99 Å². The Morgan fingerprint density at radius 1 is 0.553 bits per heavy atom. The molecular formula is C44H31N3. The summed E-state index contributed by atoms with van der Waals surface area (Å²) in [4.78, 5) is 5.49. The number of aromatic nitrogens is 1. The van der Waals surface area contributed by atoms with Gasteiger partial charge < -0.3 is 9.88 Å². The van der Waals surface area contributed by atoms with Crippen LogP contribution in [0, 0.1) is 0 Å². The first kappa shape index (κ1) is 26.3. The minimum Gasteiger partial charge on any atom is -0.360 e. The van der Waals surface area contributed by atoms with Crippen molar-refractivity contribution < 1.29 is 0 Å². The van der Waals surface area contributed by atoms with Crippen molar-refractivity contribution >= 4 is 71.2 Å². The average Bonchev–Trinajstić information content (AvgIpc) is 3.50. The molecule has 8 aromatic rings. The van der Waals surface area contributed by atoms with E-state index in [0.29, 0.717) is 0 Å². The molecule has 0 bridgehead atoms. The molecule has 1 aliphatic carbocycles. The molecule has 0 saturated carbocycles. The number of nitrogens with zero attached hydrogens (tertiary/aromatic N) is 2. The van der Waals surface area contributed by atoms with E-state index in [4.69, 9.17) is 4.99 Å². The first-order valence-corrected chi connectivity index (χ1v) is 16.5. The summed E-state index contributed by atoms with van der Waals surface area (Å²) in [7, 11) is 0. The molecule has 2 heterocycles. The Morgan fingerprint density at radius 2 is 1.13 bits per heavy atom. The van der Waals surface area contributed by atoms with Crippen molar-refractivity contribution in [1.82, 2.24) is 4.57 Å². The van der Waals surface area contributed by atoms with Crippen molar-refractivity contribution in [3.63, 3.8) is 0 Å². The van der Waals surface area contributed by atoms with Gasteiger partial charge in [-0.1, -0.05) is 127 Å². The molecule has 0 radical (unpaired) electrons. The molecular weight excluding hydrogens is 571 g/mol. The second-order valence-corrected chi connectivity index (χ2v) is 12.7. The van der Waals surface area contributed by atoms with Crippen LogP contribution in [0.5, 0.6) is 0 Å². The van der Waals surface area contributed by atoms with E-state index in [1.807, 2.05) is 0 Å². The molecule has 3 nitrogen and oxygen atoms in total. The Hall–Kier alpha value is -5.93. The molecule has 1 unspecified atom stereocenters. The Kier molecular flexibility index (Phi) is 5.76. The summed E-state index contributed by atoms with van der Waals surface area (Å²) in [5.41, 5.74) is 9.48. The summed E-state index contributed by atoms with van der Waals surface area (Å²) < 4.78 is 2.48. The Labute approximate surface area is 272 Å². The van der Waals surface area contributed by atoms with Gasteiger partial charge in [0.2, 0.25) is 0 Å². The summed E-state index contributed by atoms with van der Waals surface area (Å²) in [6, 6.07) is 50.5. The van der Waals surface area contributed by atoms with E-state index in [1.54, 1.807) is 0 Å². The fraction of sp³-hybridized carbons (Fsp3) is 0.0682. The average molecular weight is 602 g/mol. The lowest BCUT2D eigenvalue weighted by molar-refractivity contribution is 0.787. The van der Waals surface area contributed by atoms with Gasteiger partial charge in [0.05, 0.1) is 16.7 Å². The number of nitrogens with one attached hydrogen (secondary N) is 1. The van der Waals surface area contributed by atoms with Crippen molar-refractivity contribution in [3.05, 3.63) is 168 Å². The molecule has 10 rings (SSSR count). The molecule has 7 aromatic carbocycles. The number of rotatable bonds is 3. The van der Waals surface area contributed by atoms with Crippen molar-refractivity contribution in [2.45, 2.75) is 19.0 Å². The van der Waals surface area contributed by atoms with Gasteiger partial charge in [-0.05, 0) is 75.0 Å². The second-order valence-electron chi connectivity index (χ2n) is 12.7. The summed E-state index contributed by atoms with van der Waals surface area (Å²) in [5.74, 6) is 0. The van der Waals surface area contributed by atoms with Gasteiger partial charge in [-0.2, -0.15) is 0 Å². The number of hydrogen-bond donors (Lipinski definition) is 1. The number of aliphatic imine (C=N–C) groups is 1. The van der Waals surface area contributed by atoms with E-state index in [9.17, 15) is 0 Å². The highest BCUT2D eigenvalue weighted by Gasteiger charge is 2.26. The molecule has 0 amide bonds. The van der Waals surface area contributed by atoms with Crippen LogP contribution >= 0.6 is 0 Å². The number of hydrogen-bond acceptors (Lipinski definition) is 2. The van der Waals surface area contributed by atoms with Gasteiger partial charge in [-0.25, -0.2) is 0 Å². The lowest BCUT2D eigenvalue weighted by Gasteiger charge is -2.29. The molecule has 0 saturated heterocycles. The third kappa shape index (κ3) is 4.03.